The lowest BCUT2D eigenvalue weighted by atomic mass is 9.90. The summed E-state index contributed by atoms with van der Waals surface area (Å²) in [6.45, 7) is 4.72. The minimum absolute atomic E-state index is 0.276. The lowest BCUT2D eigenvalue weighted by molar-refractivity contribution is 0.392. The van der Waals surface area contributed by atoms with Crippen molar-refractivity contribution in [2.45, 2.75) is 64.0 Å². The molecule has 0 saturated heterocycles. The van der Waals surface area contributed by atoms with Crippen molar-refractivity contribution < 1.29 is 0 Å². The first-order valence-corrected chi connectivity index (χ1v) is 9.98. The van der Waals surface area contributed by atoms with Crippen molar-refractivity contribution in [2.75, 3.05) is 0 Å². The van der Waals surface area contributed by atoms with E-state index in [2.05, 4.69) is 20.8 Å². The van der Waals surface area contributed by atoms with Gasteiger partial charge in [-0.3, -0.25) is 0 Å². The van der Waals surface area contributed by atoms with Gasteiger partial charge in [-0.25, -0.2) is 0 Å². The van der Waals surface area contributed by atoms with Crippen LogP contribution in [0.3, 0.4) is 0 Å². The van der Waals surface area contributed by atoms with Crippen molar-refractivity contribution in [2.24, 2.45) is 5.92 Å². The summed E-state index contributed by atoms with van der Waals surface area (Å²) in [4.78, 5) is 0. The van der Waals surface area contributed by atoms with E-state index in [0.717, 1.165) is 6.04 Å². The van der Waals surface area contributed by atoms with Crippen LogP contribution >= 0.6 is 22.2 Å². The molecule has 0 N–H and O–H groups in total. The number of hydrogen-bond donors (Lipinski definition) is 0. The van der Waals surface area contributed by atoms with E-state index in [-0.39, 0.29) is 5.04 Å². The summed E-state index contributed by atoms with van der Waals surface area (Å²) < 4.78 is 0. The van der Waals surface area contributed by atoms with Crippen molar-refractivity contribution in [3.8, 4) is 0 Å². The largest absolute Gasteiger partial charge is 0.257 e. The normalized spacial score (nSPS) is 22.7. The molecule has 1 aliphatic rings. The Morgan fingerprint density at radius 2 is 1.64 bits per heavy atom. The second-order valence-electron chi connectivity index (χ2n) is 5.42. The summed E-state index contributed by atoms with van der Waals surface area (Å²) >= 11 is 13.3. The van der Waals surface area contributed by atoms with E-state index in [4.69, 9.17) is 22.2 Å². The Hall–Kier alpha value is 0.797. The molecule has 0 aliphatic heterocycles. The number of rotatable bonds is 3. The van der Waals surface area contributed by atoms with Gasteiger partial charge in [0.15, 0.2) is 0 Å². The maximum atomic E-state index is 6.66. The third kappa shape index (κ3) is 2.90. The molecular formula is C11H22Cl2Si. The zero-order valence-electron chi connectivity index (χ0n) is 9.58. The zero-order chi connectivity index (χ0) is 10.8. The molecule has 0 amide bonds. The maximum absolute atomic E-state index is 6.66. The van der Waals surface area contributed by atoms with Crippen molar-refractivity contribution in [1.82, 2.24) is 0 Å². The van der Waals surface area contributed by atoms with Crippen LogP contribution in [0.15, 0.2) is 0 Å². The molecule has 0 aromatic heterocycles. The second-order valence-corrected chi connectivity index (χ2v) is 12.9. The van der Waals surface area contributed by atoms with Crippen molar-refractivity contribution in [3.63, 3.8) is 0 Å². The Morgan fingerprint density at radius 1 is 1.14 bits per heavy atom. The average Bonchev–Trinajstić information content (AvgIpc) is 2.02. The highest BCUT2D eigenvalue weighted by Crippen LogP contribution is 2.55. The second kappa shape index (κ2) is 4.76. The number of halogens is 2. The van der Waals surface area contributed by atoms with Crippen LogP contribution in [0.5, 0.6) is 0 Å². The van der Waals surface area contributed by atoms with Gasteiger partial charge in [-0.05, 0) is 29.8 Å². The lowest BCUT2D eigenvalue weighted by Gasteiger charge is -2.42. The van der Waals surface area contributed by atoms with Gasteiger partial charge in [-0.15, -0.1) is 22.2 Å². The van der Waals surface area contributed by atoms with E-state index in [9.17, 15) is 0 Å². The summed E-state index contributed by atoms with van der Waals surface area (Å²) in [7, 11) is 0. The van der Waals surface area contributed by atoms with Crippen LogP contribution in [0.25, 0.3) is 0 Å². The van der Waals surface area contributed by atoms with Crippen LogP contribution in [-0.2, 0) is 0 Å². The van der Waals surface area contributed by atoms with Crippen LogP contribution in [0.2, 0.25) is 11.1 Å². The van der Waals surface area contributed by atoms with Gasteiger partial charge in [0.2, 0.25) is 0 Å². The standard InChI is InChI=1S/C11H22Cl2Si/c1-10(2)9-14(12,13)11(3)7-5-4-6-8-11/h10H,4-9H2,1-3H3. The number of hydrogen-bond acceptors (Lipinski definition) is 0. The molecule has 0 nitrogen and oxygen atoms in total. The van der Waals surface area contributed by atoms with E-state index < -0.39 is 6.69 Å². The van der Waals surface area contributed by atoms with Gasteiger partial charge in [0, 0.05) is 0 Å². The van der Waals surface area contributed by atoms with Crippen LogP contribution in [-0.4, -0.2) is 6.69 Å². The topological polar surface area (TPSA) is 0 Å². The van der Waals surface area contributed by atoms with E-state index in [1.807, 2.05) is 0 Å². The first kappa shape index (κ1) is 12.9. The summed E-state index contributed by atoms with van der Waals surface area (Å²) in [5.74, 6) is 0.635. The minimum Gasteiger partial charge on any atom is -0.145 e. The van der Waals surface area contributed by atoms with E-state index in [1.165, 1.54) is 32.1 Å². The molecule has 1 aliphatic carbocycles. The predicted molar refractivity (Wildman–Crippen MR) is 68.6 cm³/mol. The Balaban J connectivity index is 2.67. The molecule has 0 bridgehead atoms. The van der Waals surface area contributed by atoms with Gasteiger partial charge >= 0.3 is 0 Å². The molecule has 0 aromatic carbocycles. The molecule has 0 radical (unpaired) electrons. The fourth-order valence-electron chi connectivity index (χ4n) is 2.46. The predicted octanol–water partition coefficient (Wildman–Crippen LogP) is 5.29. The molecule has 0 aromatic rings. The average molecular weight is 253 g/mol. The van der Waals surface area contributed by atoms with Crippen LogP contribution in [0.1, 0.15) is 52.9 Å². The lowest BCUT2D eigenvalue weighted by Crippen LogP contribution is -2.38. The Bertz CT molecular complexity index is 184. The molecule has 0 heterocycles. The first-order valence-electron chi connectivity index (χ1n) is 5.75. The monoisotopic (exact) mass is 252 g/mol. The molecule has 3 heteroatoms. The van der Waals surface area contributed by atoms with Gasteiger partial charge in [0.25, 0.3) is 6.69 Å². The fourth-order valence-corrected chi connectivity index (χ4v) is 8.05. The molecule has 0 atom stereocenters. The molecule has 1 fully saturated rings. The van der Waals surface area contributed by atoms with Gasteiger partial charge in [-0.2, -0.15) is 0 Å². The van der Waals surface area contributed by atoms with E-state index in [1.54, 1.807) is 0 Å². The Kier molecular flexibility index (Phi) is 4.37. The maximum Gasteiger partial charge on any atom is 0.257 e. The van der Waals surface area contributed by atoms with Gasteiger partial charge in [0.05, 0.1) is 0 Å². The first-order chi connectivity index (χ1) is 6.37. The Labute approximate surface area is 98.8 Å². The quantitative estimate of drug-likeness (QED) is 0.473. The van der Waals surface area contributed by atoms with Gasteiger partial charge < -0.3 is 0 Å². The molecule has 0 spiro atoms. The van der Waals surface area contributed by atoms with Gasteiger partial charge in [0.1, 0.15) is 0 Å². The van der Waals surface area contributed by atoms with Crippen molar-refractivity contribution in [3.05, 3.63) is 0 Å². The van der Waals surface area contributed by atoms with Crippen LogP contribution in [0.4, 0.5) is 0 Å². The fraction of sp³-hybridized carbons (Fsp3) is 1.00. The zero-order valence-corrected chi connectivity index (χ0v) is 12.1. The minimum atomic E-state index is -2.05. The van der Waals surface area contributed by atoms with E-state index >= 15 is 0 Å². The SMILES string of the molecule is CC(C)C[Si](Cl)(Cl)C1(C)CCCCC1. The molecule has 84 valence electrons. The van der Waals surface area contributed by atoms with Gasteiger partial charge in [-0.1, -0.05) is 40.0 Å². The Morgan fingerprint density at radius 3 is 2.07 bits per heavy atom. The summed E-state index contributed by atoms with van der Waals surface area (Å²) in [6, 6.07) is 1.05. The highest BCUT2D eigenvalue weighted by Gasteiger charge is 2.48. The molecule has 1 saturated carbocycles. The summed E-state index contributed by atoms with van der Waals surface area (Å²) in [5.41, 5.74) is 0. The van der Waals surface area contributed by atoms with Crippen molar-refractivity contribution >= 4 is 28.9 Å². The molecular weight excluding hydrogens is 231 g/mol. The van der Waals surface area contributed by atoms with Crippen molar-refractivity contribution in [1.29, 1.82) is 0 Å². The molecule has 0 unspecified atom stereocenters. The van der Waals surface area contributed by atoms with Crippen LogP contribution < -0.4 is 0 Å². The highest BCUT2D eigenvalue weighted by molar-refractivity contribution is 7.46. The smallest absolute Gasteiger partial charge is 0.145 e. The molecule has 1 rings (SSSR count). The third-order valence-electron chi connectivity index (χ3n) is 3.50. The summed E-state index contributed by atoms with van der Waals surface area (Å²) in [5, 5.41) is 0.276. The third-order valence-corrected chi connectivity index (χ3v) is 10.8. The molecule has 14 heavy (non-hydrogen) atoms. The van der Waals surface area contributed by atoms with Crippen LogP contribution in [0, 0.1) is 5.92 Å². The summed E-state index contributed by atoms with van der Waals surface area (Å²) in [6.07, 6.45) is 6.51. The van der Waals surface area contributed by atoms with E-state index in [0.29, 0.717) is 5.92 Å². The highest BCUT2D eigenvalue weighted by atomic mass is 35.7.